The molecule has 102 valence electrons. The van der Waals surface area contributed by atoms with Crippen molar-refractivity contribution in [2.45, 2.75) is 24.9 Å². The summed E-state index contributed by atoms with van der Waals surface area (Å²) in [6.07, 6.45) is 0.294. The minimum atomic E-state index is -0.865. The fourth-order valence-electron chi connectivity index (χ4n) is 2.30. The number of rotatable bonds is 2. The Morgan fingerprint density at radius 1 is 1.42 bits per heavy atom. The summed E-state index contributed by atoms with van der Waals surface area (Å²) in [6, 6.07) is 0. The SMILES string of the molecule is O=c1[nH]c(=O)n(C2CC(O)C(CO)O2)c2cocc12. The lowest BCUT2D eigenvalue weighted by atomic mass is 10.2. The number of nitrogens with one attached hydrogen (secondary N) is 1. The minimum absolute atomic E-state index is 0.150. The molecule has 0 aliphatic carbocycles. The van der Waals surface area contributed by atoms with Crippen molar-refractivity contribution >= 4 is 10.9 Å². The van der Waals surface area contributed by atoms with Gasteiger partial charge in [0.1, 0.15) is 30.2 Å². The molecule has 19 heavy (non-hydrogen) atoms. The van der Waals surface area contributed by atoms with Crippen LogP contribution in [-0.4, -0.2) is 38.6 Å². The molecule has 0 bridgehead atoms. The summed E-state index contributed by atoms with van der Waals surface area (Å²) in [6.45, 7) is -0.343. The van der Waals surface area contributed by atoms with Crippen molar-refractivity contribution in [2.75, 3.05) is 6.61 Å². The Balaban J connectivity index is 2.14. The lowest BCUT2D eigenvalue weighted by Crippen LogP contribution is -2.32. The molecule has 3 N–H and O–H groups in total. The first kappa shape index (κ1) is 12.2. The van der Waals surface area contributed by atoms with Crippen molar-refractivity contribution in [2.24, 2.45) is 0 Å². The van der Waals surface area contributed by atoms with Crippen LogP contribution in [0.15, 0.2) is 26.5 Å². The van der Waals surface area contributed by atoms with Gasteiger partial charge in [-0.15, -0.1) is 0 Å². The summed E-state index contributed by atoms with van der Waals surface area (Å²) in [7, 11) is 0. The van der Waals surface area contributed by atoms with E-state index in [0.717, 1.165) is 0 Å². The van der Waals surface area contributed by atoms with Crippen LogP contribution in [0, 0.1) is 0 Å². The van der Waals surface area contributed by atoms with E-state index in [4.69, 9.17) is 14.3 Å². The van der Waals surface area contributed by atoms with Crippen LogP contribution in [0.4, 0.5) is 0 Å². The highest BCUT2D eigenvalue weighted by Gasteiger charge is 2.35. The summed E-state index contributed by atoms with van der Waals surface area (Å²) < 4.78 is 11.5. The van der Waals surface area contributed by atoms with E-state index in [1.165, 1.54) is 17.1 Å². The maximum absolute atomic E-state index is 11.9. The van der Waals surface area contributed by atoms with Gasteiger partial charge in [0.15, 0.2) is 0 Å². The smallest absolute Gasteiger partial charge is 0.331 e. The second kappa shape index (κ2) is 4.34. The van der Waals surface area contributed by atoms with Gasteiger partial charge in [0.05, 0.1) is 18.2 Å². The number of aliphatic hydroxyl groups is 2. The predicted molar refractivity (Wildman–Crippen MR) is 62.7 cm³/mol. The zero-order valence-electron chi connectivity index (χ0n) is 9.78. The van der Waals surface area contributed by atoms with Crippen molar-refractivity contribution in [1.29, 1.82) is 0 Å². The van der Waals surface area contributed by atoms with E-state index in [9.17, 15) is 14.7 Å². The number of H-pyrrole nitrogens is 1. The molecule has 0 aromatic carbocycles. The van der Waals surface area contributed by atoms with E-state index < -0.39 is 29.7 Å². The van der Waals surface area contributed by atoms with Crippen LogP contribution in [0.5, 0.6) is 0 Å². The van der Waals surface area contributed by atoms with Gasteiger partial charge in [0.25, 0.3) is 5.56 Å². The van der Waals surface area contributed by atoms with Gasteiger partial charge in [-0.1, -0.05) is 0 Å². The maximum Gasteiger partial charge on any atom is 0.331 e. The summed E-state index contributed by atoms with van der Waals surface area (Å²) in [4.78, 5) is 25.6. The lowest BCUT2D eigenvalue weighted by Gasteiger charge is -2.14. The first-order chi connectivity index (χ1) is 9.11. The summed E-state index contributed by atoms with van der Waals surface area (Å²) in [5, 5.41) is 19.0. The largest absolute Gasteiger partial charge is 0.470 e. The molecule has 0 saturated carbocycles. The Morgan fingerprint density at radius 3 is 2.89 bits per heavy atom. The third kappa shape index (κ3) is 1.81. The average Bonchev–Trinajstić information content (AvgIpc) is 2.96. The van der Waals surface area contributed by atoms with Gasteiger partial charge in [0.2, 0.25) is 0 Å². The Kier molecular flexibility index (Phi) is 2.77. The number of furan rings is 1. The van der Waals surface area contributed by atoms with Gasteiger partial charge < -0.3 is 19.4 Å². The summed E-state index contributed by atoms with van der Waals surface area (Å²) in [5.41, 5.74) is -0.888. The normalized spacial score (nSPS) is 27.2. The van der Waals surface area contributed by atoms with Crippen molar-refractivity contribution in [3.05, 3.63) is 33.4 Å². The number of hydrogen-bond acceptors (Lipinski definition) is 6. The molecule has 1 aliphatic rings. The Hall–Kier alpha value is -1.90. The quantitative estimate of drug-likeness (QED) is 0.638. The Morgan fingerprint density at radius 2 is 2.21 bits per heavy atom. The monoisotopic (exact) mass is 268 g/mol. The van der Waals surface area contributed by atoms with Crippen molar-refractivity contribution in [3.8, 4) is 0 Å². The molecule has 3 atom stereocenters. The fraction of sp³-hybridized carbons (Fsp3) is 0.455. The molecule has 3 unspecified atom stereocenters. The highest BCUT2D eigenvalue weighted by Crippen LogP contribution is 2.29. The van der Waals surface area contributed by atoms with Gasteiger partial charge in [-0.05, 0) is 0 Å². The number of fused-ring (bicyclic) bond motifs is 1. The molecule has 1 saturated heterocycles. The molecular formula is C11H12N2O6. The van der Waals surface area contributed by atoms with Crippen molar-refractivity contribution in [1.82, 2.24) is 9.55 Å². The second-order valence-electron chi connectivity index (χ2n) is 4.41. The van der Waals surface area contributed by atoms with Gasteiger partial charge in [-0.2, -0.15) is 0 Å². The first-order valence-corrected chi connectivity index (χ1v) is 5.77. The van der Waals surface area contributed by atoms with Crippen LogP contribution >= 0.6 is 0 Å². The van der Waals surface area contributed by atoms with Crippen LogP contribution in [0.2, 0.25) is 0 Å². The number of aromatic amines is 1. The third-order valence-corrected chi connectivity index (χ3v) is 3.26. The van der Waals surface area contributed by atoms with E-state index in [0.29, 0.717) is 5.52 Å². The fourth-order valence-corrected chi connectivity index (χ4v) is 2.30. The van der Waals surface area contributed by atoms with Crippen LogP contribution in [0.3, 0.4) is 0 Å². The van der Waals surface area contributed by atoms with E-state index in [1.807, 2.05) is 0 Å². The van der Waals surface area contributed by atoms with Gasteiger partial charge >= 0.3 is 5.69 Å². The molecule has 0 amide bonds. The van der Waals surface area contributed by atoms with Crippen LogP contribution in [0.25, 0.3) is 10.9 Å². The van der Waals surface area contributed by atoms with Crippen LogP contribution in [-0.2, 0) is 4.74 Å². The highest BCUT2D eigenvalue weighted by molar-refractivity contribution is 5.76. The molecule has 8 nitrogen and oxygen atoms in total. The van der Waals surface area contributed by atoms with Crippen LogP contribution < -0.4 is 11.2 Å². The molecule has 8 heteroatoms. The number of ether oxygens (including phenoxy) is 1. The minimum Gasteiger partial charge on any atom is -0.470 e. The van der Waals surface area contributed by atoms with Crippen LogP contribution in [0.1, 0.15) is 12.6 Å². The zero-order valence-corrected chi connectivity index (χ0v) is 9.78. The van der Waals surface area contributed by atoms with E-state index >= 15 is 0 Å². The van der Waals surface area contributed by atoms with E-state index in [-0.39, 0.29) is 18.4 Å². The van der Waals surface area contributed by atoms with Gasteiger partial charge in [0, 0.05) is 6.42 Å². The Labute approximate surface area is 105 Å². The van der Waals surface area contributed by atoms with E-state index in [1.54, 1.807) is 0 Å². The molecule has 1 aliphatic heterocycles. The molecular weight excluding hydrogens is 256 g/mol. The van der Waals surface area contributed by atoms with Gasteiger partial charge in [-0.3, -0.25) is 14.3 Å². The second-order valence-corrected chi connectivity index (χ2v) is 4.41. The number of nitrogens with zero attached hydrogens (tertiary/aromatic N) is 1. The third-order valence-electron chi connectivity index (χ3n) is 3.26. The zero-order chi connectivity index (χ0) is 13.6. The summed E-state index contributed by atoms with van der Waals surface area (Å²) >= 11 is 0. The van der Waals surface area contributed by atoms with Crippen molar-refractivity contribution in [3.63, 3.8) is 0 Å². The Bertz CT molecular complexity index is 714. The molecule has 0 radical (unpaired) electrons. The van der Waals surface area contributed by atoms with Crippen molar-refractivity contribution < 1.29 is 19.4 Å². The van der Waals surface area contributed by atoms with E-state index in [2.05, 4.69) is 4.98 Å². The number of aromatic nitrogens is 2. The van der Waals surface area contributed by atoms with Gasteiger partial charge in [-0.25, -0.2) is 4.79 Å². The number of aliphatic hydroxyl groups excluding tert-OH is 2. The number of hydrogen-bond donors (Lipinski definition) is 3. The molecule has 3 heterocycles. The molecule has 3 rings (SSSR count). The maximum atomic E-state index is 11.9. The predicted octanol–water partition coefficient (Wildman–Crippen LogP) is -1.08. The lowest BCUT2D eigenvalue weighted by molar-refractivity contribution is -0.0443. The molecule has 2 aromatic heterocycles. The first-order valence-electron chi connectivity index (χ1n) is 5.77. The summed E-state index contributed by atoms with van der Waals surface area (Å²) in [5.74, 6) is 0. The highest BCUT2D eigenvalue weighted by atomic mass is 16.5. The molecule has 0 spiro atoms. The standard InChI is InChI=1S/C11H12N2O6/c14-2-8-7(15)1-9(19-8)13-6-4-18-3-5(6)10(16)12-11(13)17/h3-4,7-9,14-15H,1-2H2,(H,12,16,17). The molecule has 2 aromatic rings. The molecule has 1 fully saturated rings. The average molecular weight is 268 g/mol. The topological polar surface area (TPSA) is 118 Å².